The predicted molar refractivity (Wildman–Crippen MR) is 136 cm³/mol. The van der Waals surface area contributed by atoms with Crippen LogP contribution >= 0.6 is 23.2 Å². The van der Waals surface area contributed by atoms with E-state index in [4.69, 9.17) is 33.2 Å². The standard InChI is InChI=1S/C26H10Cl2N4O2/c27-13-10-12-20-19-11(25(33)31-17-7-3-1-5-15(17)29-23(31)21(13)19)9-14(28)22(20)24-30-16-6-2-4-8-18(16)32(24)26(12)34/h1-10H. The lowest BCUT2D eigenvalue weighted by atomic mass is 9.96. The number of aromatic nitrogens is 4. The zero-order chi connectivity index (χ0) is 22.9. The van der Waals surface area contributed by atoms with Gasteiger partial charge in [-0.05, 0) is 36.4 Å². The number of fused-ring (bicyclic) bond motifs is 8. The van der Waals surface area contributed by atoms with Gasteiger partial charge in [-0.3, -0.25) is 18.4 Å². The molecule has 0 saturated carbocycles. The van der Waals surface area contributed by atoms with Crippen LogP contribution in [0.5, 0.6) is 0 Å². The summed E-state index contributed by atoms with van der Waals surface area (Å²) in [6, 6.07) is 18.2. The number of benzene rings is 4. The van der Waals surface area contributed by atoms with Crippen LogP contribution in [0, 0.1) is 0 Å². The van der Waals surface area contributed by atoms with E-state index in [2.05, 4.69) is 0 Å². The van der Waals surface area contributed by atoms with Crippen molar-refractivity contribution in [3.8, 4) is 0 Å². The number of para-hydroxylation sites is 4. The minimum atomic E-state index is -0.260. The third-order valence-corrected chi connectivity index (χ3v) is 7.34. The van der Waals surface area contributed by atoms with E-state index >= 15 is 0 Å². The summed E-state index contributed by atoms with van der Waals surface area (Å²) in [4.78, 5) is 37.0. The van der Waals surface area contributed by atoms with Crippen LogP contribution in [0.3, 0.4) is 0 Å². The van der Waals surface area contributed by atoms with Crippen molar-refractivity contribution in [3.63, 3.8) is 0 Å². The molecule has 0 aliphatic heterocycles. The fourth-order valence-corrected chi connectivity index (χ4v) is 5.96. The fraction of sp³-hybridized carbons (Fsp3) is 0. The lowest BCUT2D eigenvalue weighted by Crippen LogP contribution is -2.17. The Morgan fingerprint density at radius 1 is 0.588 bits per heavy atom. The maximum atomic E-state index is 13.7. The van der Waals surface area contributed by atoms with E-state index in [1.54, 1.807) is 20.9 Å². The van der Waals surface area contributed by atoms with Crippen LogP contribution in [0.15, 0.2) is 70.3 Å². The van der Waals surface area contributed by atoms with Crippen LogP contribution in [0.25, 0.3) is 65.7 Å². The molecule has 0 saturated heterocycles. The van der Waals surface area contributed by atoms with E-state index in [9.17, 15) is 9.59 Å². The lowest BCUT2D eigenvalue weighted by Gasteiger charge is -2.14. The van der Waals surface area contributed by atoms with Crippen molar-refractivity contribution in [2.24, 2.45) is 0 Å². The van der Waals surface area contributed by atoms with Crippen LogP contribution in [-0.2, 0) is 0 Å². The van der Waals surface area contributed by atoms with Crippen LogP contribution in [0.2, 0.25) is 10.0 Å². The molecular weight excluding hydrogens is 471 g/mol. The third-order valence-electron chi connectivity index (χ3n) is 6.74. The molecule has 0 fully saturated rings. The summed E-state index contributed by atoms with van der Waals surface area (Å²) in [6.07, 6.45) is 0. The number of halogens is 2. The van der Waals surface area contributed by atoms with Crippen molar-refractivity contribution >= 4 is 88.9 Å². The van der Waals surface area contributed by atoms with Gasteiger partial charge in [-0.2, -0.15) is 0 Å². The van der Waals surface area contributed by atoms with Crippen molar-refractivity contribution < 1.29 is 0 Å². The molecule has 0 aliphatic carbocycles. The Kier molecular flexibility index (Phi) is 3.21. The highest BCUT2D eigenvalue weighted by Gasteiger charge is 2.25. The summed E-state index contributed by atoms with van der Waals surface area (Å²) in [6.45, 7) is 0. The Morgan fingerprint density at radius 3 is 1.44 bits per heavy atom. The molecule has 8 heteroatoms. The summed E-state index contributed by atoms with van der Waals surface area (Å²) in [5.74, 6) is 0. The van der Waals surface area contributed by atoms with E-state index in [1.807, 2.05) is 48.5 Å². The van der Waals surface area contributed by atoms with Gasteiger partial charge in [0, 0.05) is 21.5 Å². The Bertz CT molecular complexity index is 2140. The van der Waals surface area contributed by atoms with E-state index in [0.717, 1.165) is 0 Å². The predicted octanol–water partition coefficient (Wildman–Crippen LogP) is 5.65. The molecule has 8 aromatic rings. The Labute approximate surface area is 198 Å². The number of imidazole rings is 2. The summed E-state index contributed by atoms with van der Waals surface area (Å²) >= 11 is 13.6. The second kappa shape index (κ2) is 5.91. The van der Waals surface area contributed by atoms with Gasteiger partial charge in [0.15, 0.2) is 0 Å². The number of rotatable bonds is 0. The van der Waals surface area contributed by atoms with Crippen LogP contribution < -0.4 is 11.1 Å². The molecule has 0 atom stereocenters. The first kappa shape index (κ1) is 18.4. The van der Waals surface area contributed by atoms with Crippen LogP contribution in [-0.4, -0.2) is 18.8 Å². The quantitative estimate of drug-likeness (QED) is 0.263. The largest absolute Gasteiger partial charge is 0.268 e. The van der Waals surface area contributed by atoms with Crippen molar-refractivity contribution in [1.29, 1.82) is 0 Å². The summed E-state index contributed by atoms with van der Waals surface area (Å²) in [5, 5.41) is 3.86. The van der Waals surface area contributed by atoms with Crippen LogP contribution in [0.4, 0.5) is 0 Å². The summed E-state index contributed by atoms with van der Waals surface area (Å²) < 4.78 is 3.13. The van der Waals surface area contributed by atoms with Gasteiger partial charge < -0.3 is 0 Å². The van der Waals surface area contributed by atoms with Gasteiger partial charge in [0.05, 0.1) is 42.9 Å². The van der Waals surface area contributed by atoms with E-state index in [-0.39, 0.29) is 11.1 Å². The first-order valence-corrected chi connectivity index (χ1v) is 11.3. The van der Waals surface area contributed by atoms with Gasteiger partial charge in [0.2, 0.25) is 0 Å². The number of hydrogen-bond acceptors (Lipinski definition) is 4. The van der Waals surface area contributed by atoms with E-state index < -0.39 is 0 Å². The highest BCUT2D eigenvalue weighted by Crippen LogP contribution is 2.42. The SMILES string of the molecule is O=c1c2cc(Cl)c3c4c(cc(Cl)c(c24)c2nc4ccccc4n12)c(=O)n1c2ccccc2nc31. The molecule has 0 aliphatic rings. The van der Waals surface area contributed by atoms with Gasteiger partial charge in [-0.1, -0.05) is 47.5 Å². The van der Waals surface area contributed by atoms with Crippen molar-refractivity contribution in [2.45, 2.75) is 0 Å². The summed E-state index contributed by atoms with van der Waals surface area (Å²) in [5.41, 5.74) is 3.13. The first-order chi connectivity index (χ1) is 16.5. The smallest absolute Gasteiger partial charge is 0.264 e. The molecule has 34 heavy (non-hydrogen) atoms. The topological polar surface area (TPSA) is 68.7 Å². The molecule has 4 aromatic heterocycles. The molecule has 0 radical (unpaired) electrons. The van der Waals surface area contributed by atoms with Crippen molar-refractivity contribution in [2.75, 3.05) is 0 Å². The van der Waals surface area contributed by atoms with Gasteiger partial charge in [-0.25, -0.2) is 9.97 Å². The van der Waals surface area contributed by atoms with Crippen molar-refractivity contribution in [1.82, 2.24) is 18.8 Å². The van der Waals surface area contributed by atoms with Gasteiger partial charge in [0.25, 0.3) is 11.1 Å². The molecule has 0 spiro atoms. The molecule has 8 rings (SSSR count). The molecule has 0 bridgehead atoms. The third kappa shape index (κ3) is 1.96. The Balaban J connectivity index is 1.79. The minimum Gasteiger partial charge on any atom is -0.268 e. The maximum absolute atomic E-state index is 13.7. The second-order valence-corrected chi connectivity index (χ2v) is 9.26. The zero-order valence-electron chi connectivity index (χ0n) is 17.1. The molecule has 0 amide bonds. The van der Waals surface area contributed by atoms with E-state index in [0.29, 0.717) is 75.7 Å². The van der Waals surface area contributed by atoms with Crippen molar-refractivity contribution in [3.05, 3.63) is 91.4 Å². The van der Waals surface area contributed by atoms with Gasteiger partial charge >= 0.3 is 0 Å². The molecule has 4 heterocycles. The average molecular weight is 481 g/mol. The molecule has 0 unspecified atom stereocenters. The molecule has 4 aromatic carbocycles. The number of nitrogens with zero attached hydrogens (tertiary/aromatic N) is 4. The molecule has 160 valence electrons. The second-order valence-electron chi connectivity index (χ2n) is 8.44. The Morgan fingerprint density at radius 2 is 1.00 bits per heavy atom. The number of hydrogen-bond donors (Lipinski definition) is 0. The highest BCUT2D eigenvalue weighted by molar-refractivity contribution is 6.45. The summed E-state index contributed by atoms with van der Waals surface area (Å²) in [7, 11) is 0. The zero-order valence-corrected chi connectivity index (χ0v) is 18.6. The number of pyridine rings is 2. The maximum Gasteiger partial charge on any atom is 0.264 e. The molecule has 6 nitrogen and oxygen atoms in total. The fourth-order valence-electron chi connectivity index (χ4n) is 5.38. The highest BCUT2D eigenvalue weighted by atomic mass is 35.5. The lowest BCUT2D eigenvalue weighted by molar-refractivity contribution is 1.18. The average Bonchev–Trinajstić information content (AvgIpc) is 3.41. The first-order valence-electron chi connectivity index (χ1n) is 10.6. The monoisotopic (exact) mass is 480 g/mol. The molecule has 0 N–H and O–H groups in total. The van der Waals surface area contributed by atoms with Gasteiger partial charge in [-0.15, -0.1) is 0 Å². The van der Waals surface area contributed by atoms with E-state index in [1.165, 1.54) is 0 Å². The Hall–Kier alpha value is -4.00. The normalized spacial score (nSPS) is 12.6. The minimum absolute atomic E-state index is 0.260. The molecular formula is C26H10Cl2N4O2. The van der Waals surface area contributed by atoms with Gasteiger partial charge in [0.1, 0.15) is 11.3 Å². The van der Waals surface area contributed by atoms with Crippen LogP contribution in [0.1, 0.15) is 0 Å².